The average molecular weight is 356 g/mol. The molecule has 0 spiro atoms. The lowest BCUT2D eigenvalue weighted by molar-refractivity contribution is 0.0599. The second kappa shape index (κ2) is 5.53. The number of esters is 1. The van der Waals surface area contributed by atoms with Crippen molar-refractivity contribution in [1.29, 1.82) is 0 Å². The lowest BCUT2D eigenvalue weighted by atomic mass is 10.2. The van der Waals surface area contributed by atoms with Crippen LogP contribution in [0.5, 0.6) is 0 Å². The number of aryl methyl sites for hydroxylation is 1. The molecule has 3 aromatic rings. The summed E-state index contributed by atoms with van der Waals surface area (Å²) >= 11 is 13.6. The highest BCUT2D eigenvalue weighted by Gasteiger charge is 2.22. The van der Waals surface area contributed by atoms with Crippen LogP contribution >= 0.6 is 34.5 Å². The van der Waals surface area contributed by atoms with Gasteiger partial charge in [-0.15, -0.1) is 0 Å². The van der Waals surface area contributed by atoms with Crippen molar-refractivity contribution in [3.63, 3.8) is 0 Å². The van der Waals surface area contributed by atoms with E-state index in [2.05, 4.69) is 10.1 Å². The van der Waals surface area contributed by atoms with Crippen LogP contribution in [0.15, 0.2) is 12.1 Å². The molecular formula is C14H11Cl2N3O2S. The zero-order valence-electron chi connectivity index (χ0n) is 12.0. The van der Waals surface area contributed by atoms with E-state index in [1.165, 1.54) is 18.4 Å². The molecule has 0 atom stereocenters. The van der Waals surface area contributed by atoms with Gasteiger partial charge in [0.05, 0.1) is 33.2 Å². The third-order valence-electron chi connectivity index (χ3n) is 3.30. The Kier molecular flexibility index (Phi) is 3.84. The Morgan fingerprint density at radius 3 is 2.73 bits per heavy atom. The maximum absolute atomic E-state index is 11.8. The number of hydrogen-bond donors (Lipinski definition) is 0. The minimum Gasteiger partial charge on any atom is -0.465 e. The summed E-state index contributed by atoms with van der Waals surface area (Å²) in [4.78, 5) is 16.3. The van der Waals surface area contributed by atoms with Crippen molar-refractivity contribution in [2.75, 3.05) is 7.11 Å². The van der Waals surface area contributed by atoms with Crippen LogP contribution in [0.4, 0.5) is 0 Å². The first-order chi connectivity index (χ1) is 10.4. The predicted octanol–water partition coefficient (Wildman–Crippen LogP) is 4.19. The zero-order chi connectivity index (χ0) is 16.0. The maximum atomic E-state index is 11.8. The van der Waals surface area contributed by atoms with E-state index in [1.54, 1.807) is 24.6 Å². The standard InChI is InChI=1S/C14H11Cl2N3O2S/c1-6-10(13(20)21-3)7(2)19(18-6)14-17-12-9(22-14)5-4-8(15)11(12)16/h4-5H,1-3H3. The van der Waals surface area contributed by atoms with Crippen molar-refractivity contribution >= 4 is 50.7 Å². The number of benzene rings is 1. The van der Waals surface area contributed by atoms with Crippen LogP contribution < -0.4 is 0 Å². The fraction of sp³-hybridized carbons (Fsp3) is 0.214. The van der Waals surface area contributed by atoms with Crippen molar-refractivity contribution in [2.45, 2.75) is 13.8 Å². The highest BCUT2D eigenvalue weighted by atomic mass is 35.5. The molecule has 1 aromatic carbocycles. The molecule has 0 fully saturated rings. The summed E-state index contributed by atoms with van der Waals surface area (Å²) in [6, 6.07) is 3.59. The predicted molar refractivity (Wildman–Crippen MR) is 87.6 cm³/mol. The summed E-state index contributed by atoms with van der Waals surface area (Å²) in [6.45, 7) is 3.56. The number of halogens is 2. The van der Waals surface area contributed by atoms with Gasteiger partial charge in [0, 0.05) is 0 Å². The van der Waals surface area contributed by atoms with Gasteiger partial charge in [0.25, 0.3) is 0 Å². The number of fused-ring (bicyclic) bond motifs is 1. The van der Waals surface area contributed by atoms with Crippen LogP contribution in [0, 0.1) is 13.8 Å². The molecular weight excluding hydrogens is 345 g/mol. The molecule has 0 radical (unpaired) electrons. The van der Waals surface area contributed by atoms with Gasteiger partial charge < -0.3 is 4.74 Å². The van der Waals surface area contributed by atoms with Gasteiger partial charge in [0.15, 0.2) is 0 Å². The number of ether oxygens (including phenoxy) is 1. The number of hydrogen-bond acceptors (Lipinski definition) is 5. The van der Waals surface area contributed by atoms with Gasteiger partial charge in [0.2, 0.25) is 5.13 Å². The summed E-state index contributed by atoms with van der Waals surface area (Å²) in [5.41, 5.74) is 2.34. The third kappa shape index (κ3) is 2.27. The van der Waals surface area contributed by atoms with E-state index in [9.17, 15) is 4.79 Å². The lowest BCUT2D eigenvalue weighted by Crippen LogP contribution is -2.05. The van der Waals surface area contributed by atoms with E-state index < -0.39 is 5.97 Å². The minimum atomic E-state index is -0.413. The highest BCUT2D eigenvalue weighted by molar-refractivity contribution is 7.20. The van der Waals surface area contributed by atoms with Gasteiger partial charge in [-0.05, 0) is 26.0 Å². The second-order valence-electron chi connectivity index (χ2n) is 4.65. The third-order valence-corrected chi connectivity index (χ3v) is 5.09. The second-order valence-corrected chi connectivity index (χ2v) is 6.45. The summed E-state index contributed by atoms with van der Waals surface area (Å²) in [5, 5.41) is 5.87. The Morgan fingerprint density at radius 2 is 2.05 bits per heavy atom. The quantitative estimate of drug-likeness (QED) is 0.646. The highest BCUT2D eigenvalue weighted by Crippen LogP contribution is 2.35. The van der Waals surface area contributed by atoms with E-state index in [1.807, 2.05) is 6.07 Å². The Morgan fingerprint density at radius 1 is 1.32 bits per heavy atom. The number of carbonyl (C=O) groups is 1. The van der Waals surface area contributed by atoms with Crippen LogP contribution in [0.1, 0.15) is 21.7 Å². The van der Waals surface area contributed by atoms with Crippen molar-refractivity contribution in [3.8, 4) is 5.13 Å². The average Bonchev–Trinajstić information content (AvgIpc) is 3.04. The molecule has 0 unspecified atom stereocenters. The molecule has 5 nitrogen and oxygen atoms in total. The first-order valence-electron chi connectivity index (χ1n) is 6.33. The molecule has 0 aliphatic heterocycles. The van der Waals surface area contributed by atoms with Crippen LogP contribution in [0.25, 0.3) is 15.3 Å². The van der Waals surface area contributed by atoms with E-state index in [4.69, 9.17) is 27.9 Å². The SMILES string of the molecule is COC(=O)c1c(C)nn(-c2nc3c(Cl)c(Cl)ccc3s2)c1C. The van der Waals surface area contributed by atoms with Crippen LogP contribution in [0.3, 0.4) is 0 Å². The molecule has 0 saturated heterocycles. The first-order valence-corrected chi connectivity index (χ1v) is 7.90. The molecule has 0 amide bonds. The van der Waals surface area contributed by atoms with E-state index >= 15 is 0 Å². The van der Waals surface area contributed by atoms with Crippen LogP contribution in [-0.2, 0) is 4.74 Å². The normalized spacial score (nSPS) is 11.1. The van der Waals surface area contributed by atoms with Gasteiger partial charge in [-0.25, -0.2) is 14.5 Å². The van der Waals surface area contributed by atoms with Crippen molar-refractivity contribution in [3.05, 3.63) is 39.1 Å². The number of rotatable bonds is 2. The van der Waals surface area contributed by atoms with E-state index in [-0.39, 0.29) is 0 Å². The lowest BCUT2D eigenvalue weighted by Gasteiger charge is -2.00. The first kappa shape index (κ1) is 15.3. The summed E-state index contributed by atoms with van der Waals surface area (Å²) in [7, 11) is 1.35. The van der Waals surface area contributed by atoms with E-state index in [0.29, 0.717) is 37.6 Å². The van der Waals surface area contributed by atoms with Gasteiger partial charge >= 0.3 is 5.97 Å². The molecule has 2 aromatic heterocycles. The van der Waals surface area contributed by atoms with Crippen LogP contribution in [0.2, 0.25) is 10.0 Å². The Hall–Kier alpha value is -1.63. The van der Waals surface area contributed by atoms with Gasteiger partial charge in [-0.1, -0.05) is 34.5 Å². The Balaban J connectivity index is 2.20. The van der Waals surface area contributed by atoms with Gasteiger partial charge in [-0.3, -0.25) is 0 Å². The van der Waals surface area contributed by atoms with Crippen LogP contribution in [-0.4, -0.2) is 27.8 Å². The zero-order valence-corrected chi connectivity index (χ0v) is 14.3. The van der Waals surface area contributed by atoms with Crippen molar-refractivity contribution < 1.29 is 9.53 Å². The summed E-state index contributed by atoms with van der Waals surface area (Å²) < 4.78 is 7.31. The van der Waals surface area contributed by atoms with Crippen molar-refractivity contribution in [1.82, 2.24) is 14.8 Å². The number of aromatic nitrogens is 3. The maximum Gasteiger partial charge on any atom is 0.341 e. The fourth-order valence-electron chi connectivity index (χ4n) is 2.24. The topological polar surface area (TPSA) is 57.0 Å². The summed E-state index contributed by atoms with van der Waals surface area (Å²) in [5.74, 6) is -0.413. The molecule has 2 heterocycles. The Bertz CT molecular complexity index is 901. The minimum absolute atomic E-state index is 0.413. The number of carbonyl (C=O) groups excluding carboxylic acids is 1. The largest absolute Gasteiger partial charge is 0.465 e. The molecule has 8 heteroatoms. The molecule has 22 heavy (non-hydrogen) atoms. The Labute approximate surface area is 140 Å². The molecule has 114 valence electrons. The molecule has 0 bridgehead atoms. The smallest absolute Gasteiger partial charge is 0.341 e. The summed E-state index contributed by atoms with van der Waals surface area (Å²) in [6.07, 6.45) is 0. The monoisotopic (exact) mass is 355 g/mol. The van der Waals surface area contributed by atoms with E-state index in [0.717, 1.165) is 4.70 Å². The molecule has 0 saturated carbocycles. The fourth-order valence-corrected chi connectivity index (χ4v) is 3.64. The van der Waals surface area contributed by atoms with Gasteiger partial charge in [-0.2, -0.15) is 5.10 Å². The molecule has 0 aliphatic rings. The number of thiazole rings is 1. The molecule has 3 rings (SSSR count). The molecule has 0 N–H and O–H groups in total. The molecule has 0 aliphatic carbocycles. The van der Waals surface area contributed by atoms with Crippen molar-refractivity contribution in [2.24, 2.45) is 0 Å². The number of methoxy groups -OCH3 is 1. The van der Waals surface area contributed by atoms with Gasteiger partial charge in [0.1, 0.15) is 11.1 Å². The number of nitrogens with zero attached hydrogens (tertiary/aromatic N) is 3.